The second-order valence-electron chi connectivity index (χ2n) is 6.07. The SMILES string of the molecule is CCCCCCCCCCCC(=O)OC(=O)CCNCCC(=O)O. The highest BCUT2D eigenvalue weighted by atomic mass is 16.6. The van der Waals surface area contributed by atoms with Crippen LogP contribution in [-0.2, 0) is 19.1 Å². The molecule has 0 spiro atoms. The number of carboxylic acid groups (broad SMARTS) is 1. The molecule has 6 nitrogen and oxygen atoms in total. The summed E-state index contributed by atoms with van der Waals surface area (Å²) in [7, 11) is 0. The zero-order valence-corrected chi connectivity index (χ0v) is 15.0. The van der Waals surface area contributed by atoms with E-state index in [4.69, 9.17) is 9.84 Å². The number of carbonyl (C=O) groups is 3. The van der Waals surface area contributed by atoms with Crippen molar-refractivity contribution in [1.29, 1.82) is 0 Å². The van der Waals surface area contributed by atoms with Crippen LogP contribution in [0.2, 0.25) is 0 Å². The predicted molar refractivity (Wildman–Crippen MR) is 92.7 cm³/mol. The third-order valence-electron chi connectivity index (χ3n) is 3.73. The van der Waals surface area contributed by atoms with E-state index in [1.54, 1.807) is 0 Å². The van der Waals surface area contributed by atoms with Crippen molar-refractivity contribution in [3.63, 3.8) is 0 Å². The average Bonchev–Trinajstić information content (AvgIpc) is 2.52. The van der Waals surface area contributed by atoms with Crippen molar-refractivity contribution in [1.82, 2.24) is 5.32 Å². The molecule has 0 radical (unpaired) electrons. The molecule has 0 heterocycles. The van der Waals surface area contributed by atoms with Gasteiger partial charge < -0.3 is 15.2 Å². The summed E-state index contributed by atoms with van der Waals surface area (Å²) in [6.45, 7) is 2.83. The summed E-state index contributed by atoms with van der Waals surface area (Å²) in [6.07, 6.45) is 10.9. The number of ether oxygens (including phenoxy) is 1. The zero-order chi connectivity index (χ0) is 18.0. The van der Waals surface area contributed by atoms with Crippen molar-refractivity contribution >= 4 is 17.9 Å². The number of carbonyl (C=O) groups excluding carboxylic acids is 2. The fourth-order valence-electron chi connectivity index (χ4n) is 2.32. The van der Waals surface area contributed by atoms with Gasteiger partial charge in [-0.05, 0) is 6.42 Å². The van der Waals surface area contributed by atoms with Gasteiger partial charge in [-0.2, -0.15) is 0 Å². The summed E-state index contributed by atoms with van der Waals surface area (Å²) in [6, 6.07) is 0. The van der Waals surface area contributed by atoms with Gasteiger partial charge >= 0.3 is 17.9 Å². The third-order valence-corrected chi connectivity index (χ3v) is 3.73. The summed E-state index contributed by atoms with van der Waals surface area (Å²) >= 11 is 0. The van der Waals surface area contributed by atoms with Crippen molar-refractivity contribution in [3.05, 3.63) is 0 Å². The minimum Gasteiger partial charge on any atom is -0.481 e. The van der Waals surface area contributed by atoms with Crippen molar-refractivity contribution in [2.24, 2.45) is 0 Å². The smallest absolute Gasteiger partial charge is 0.314 e. The largest absolute Gasteiger partial charge is 0.481 e. The topological polar surface area (TPSA) is 92.7 Å². The van der Waals surface area contributed by atoms with Gasteiger partial charge in [0.2, 0.25) is 0 Å². The molecule has 0 unspecified atom stereocenters. The maximum Gasteiger partial charge on any atom is 0.314 e. The summed E-state index contributed by atoms with van der Waals surface area (Å²) in [5.41, 5.74) is 0. The minimum absolute atomic E-state index is 0.00653. The van der Waals surface area contributed by atoms with E-state index in [0.29, 0.717) is 13.1 Å². The number of hydrogen-bond acceptors (Lipinski definition) is 5. The molecule has 24 heavy (non-hydrogen) atoms. The Balaban J connectivity index is 3.38. The van der Waals surface area contributed by atoms with E-state index in [1.807, 2.05) is 0 Å². The number of unbranched alkanes of at least 4 members (excludes halogenated alkanes) is 8. The predicted octanol–water partition coefficient (Wildman–Crippen LogP) is 3.43. The highest BCUT2D eigenvalue weighted by molar-refractivity contribution is 5.85. The average molecular weight is 343 g/mol. The molecule has 140 valence electrons. The Hall–Kier alpha value is -1.43. The van der Waals surface area contributed by atoms with Crippen molar-refractivity contribution in [3.8, 4) is 0 Å². The molecule has 0 saturated heterocycles. The Bertz CT molecular complexity index is 357. The second-order valence-corrected chi connectivity index (χ2v) is 6.07. The van der Waals surface area contributed by atoms with Crippen LogP contribution in [-0.4, -0.2) is 36.1 Å². The number of rotatable bonds is 16. The van der Waals surface area contributed by atoms with E-state index >= 15 is 0 Å². The maximum absolute atomic E-state index is 11.5. The lowest BCUT2D eigenvalue weighted by Gasteiger charge is -2.04. The number of nitrogens with one attached hydrogen (secondary N) is 1. The molecule has 0 aromatic carbocycles. The summed E-state index contributed by atoms with van der Waals surface area (Å²) in [4.78, 5) is 33.2. The van der Waals surface area contributed by atoms with Gasteiger partial charge in [-0.15, -0.1) is 0 Å². The Labute approximate surface area is 145 Å². The molecule has 0 aliphatic rings. The lowest BCUT2D eigenvalue weighted by Crippen LogP contribution is -2.23. The fourth-order valence-corrected chi connectivity index (χ4v) is 2.32. The van der Waals surface area contributed by atoms with Crippen LogP contribution in [0.3, 0.4) is 0 Å². The molecular weight excluding hydrogens is 310 g/mol. The Kier molecular flexibility index (Phi) is 15.4. The monoisotopic (exact) mass is 343 g/mol. The van der Waals surface area contributed by atoms with E-state index in [-0.39, 0.29) is 19.3 Å². The van der Waals surface area contributed by atoms with Gasteiger partial charge in [0, 0.05) is 19.5 Å². The quantitative estimate of drug-likeness (QED) is 0.253. The Morgan fingerprint density at radius 1 is 0.750 bits per heavy atom. The first-order valence-corrected chi connectivity index (χ1v) is 9.22. The molecule has 0 amide bonds. The van der Waals surface area contributed by atoms with E-state index in [2.05, 4.69) is 12.2 Å². The first-order valence-electron chi connectivity index (χ1n) is 9.22. The summed E-state index contributed by atoms with van der Waals surface area (Å²) in [5.74, 6) is -1.91. The van der Waals surface area contributed by atoms with Crippen molar-refractivity contribution < 1.29 is 24.2 Å². The maximum atomic E-state index is 11.5. The molecule has 0 aromatic heterocycles. The first kappa shape index (κ1) is 22.6. The van der Waals surface area contributed by atoms with Gasteiger partial charge in [0.15, 0.2) is 0 Å². The molecule has 0 atom stereocenters. The molecule has 2 N–H and O–H groups in total. The van der Waals surface area contributed by atoms with Crippen LogP contribution >= 0.6 is 0 Å². The number of esters is 2. The van der Waals surface area contributed by atoms with Gasteiger partial charge in [-0.25, -0.2) is 0 Å². The third kappa shape index (κ3) is 16.9. The van der Waals surface area contributed by atoms with Crippen LogP contribution in [0.4, 0.5) is 0 Å². The van der Waals surface area contributed by atoms with Crippen LogP contribution in [0.5, 0.6) is 0 Å². The Morgan fingerprint density at radius 3 is 1.83 bits per heavy atom. The van der Waals surface area contributed by atoms with Crippen LogP contribution in [0, 0.1) is 0 Å². The number of carboxylic acids is 1. The molecular formula is C18H33NO5. The summed E-state index contributed by atoms with van der Waals surface area (Å²) < 4.78 is 4.72. The molecule has 0 aliphatic heterocycles. The minimum atomic E-state index is -0.888. The molecule has 0 aromatic rings. The van der Waals surface area contributed by atoms with Crippen molar-refractivity contribution in [2.75, 3.05) is 13.1 Å². The highest BCUT2D eigenvalue weighted by Crippen LogP contribution is 2.10. The van der Waals surface area contributed by atoms with Crippen LogP contribution in [0.15, 0.2) is 0 Å². The fraction of sp³-hybridized carbons (Fsp3) is 0.833. The van der Waals surface area contributed by atoms with Crippen LogP contribution < -0.4 is 5.32 Å². The molecule has 0 saturated carbocycles. The summed E-state index contributed by atoms with van der Waals surface area (Å²) in [5, 5.41) is 11.3. The highest BCUT2D eigenvalue weighted by Gasteiger charge is 2.09. The van der Waals surface area contributed by atoms with E-state index < -0.39 is 17.9 Å². The van der Waals surface area contributed by atoms with Gasteiger partial charge in [-0.1, -0.05) is 58.3 Å². The zero-order valence-electron chi connectivity index (χ0n) is 15.0. The standard InChI is InChI=1S/C18H33NO5/c1-2-3-4-5-6-7-8-9-10-11-17(22)24-18(23)13-15-19-14-12-16(20)21/h19H,2-15H2,1H3,(H,20,21). The second kappa shape index (κ2) is 16.4. The molecule has 6 heteroatoms. The van der Waals surface area contributed by atoms with Gasteiger partial charge in [0.05, 0.1) is 12.8 Å². The number of hydrogen-bond donors (Lipinski definition) is 2. The van der Waals surface area contributed by atoms with E-state index in [0.717, 1.165) is 19.3 Å². The molecule has 0 fully saturated rings. The van der Waals surface area contributed by atoms with Gasteiger partial charge in [-0.3, -0.25) is 14.4 Å². The van der Waals surface area contributed by atoms with Gasteiger partial charge in [0.1, 0.15) is 0 Å². The first-order chi connectivity index (χ1) is 11.6. The number of aliphatic carboxylic acids is 1. The lowest BCUT2D eigenvalue weighted by molar-refractivity contribution is -0.159. The van der Waals surface area contributed by atoms with Crippen LogP contribution in [0.1, 0.15) is 84.0 Å². The Morgan fingerprint density at radius 2 is 1.25 bits per heavy atom. The van der Waals surface area contributed by atoms with E-state index in [9.17, 15) is 14.4 Å². The van der Waals surface area contributed by atoms with E-state index in [1.165, 1.54) is 38.5 Å². The van der Waals surface area contributed by atoms with Gasteiger partial charge in [0.25, 0.3) is 0 Å². The normalized spacial score (nSPS) is 10.5. The molecule has 0 bridgehead atoms. The van der Waals surface area contributed by atoms with Crippen molar-refractivity contribution in [2.45, 2.75) is 84.0 Å². The molecule has 0 rings (SSSR count). The molecule has 0 aliphatic carbocycles. The van der Waals surface area contributed by atoms with Crippen LogP contribution in [0.25, 0.3) is 0 Å². The lowest BCUT2D eigenvalue weighted by atomic mass is 10.1.